The summed E-state index contributed by atoms with van der Waals surface area (Å²) in [6.07, 6.45) is 11.4. The summed E-state index contributed by atoms with van der Waals surface area (Å²) in [5, 5.41) is 22.0. The van der Waals surface area contributed by atoms with Gasteiger partial charge >= 0.3 is 0 Å². The van der Waals surface area contributed by atoms with E-state index in [1.165, 1.54) is 0 Å². The first-order chi connectivity index (χ1) is 12.1. The van der Waals surface area contributed by atoms with Gasteiger partial charge in [0.25, 0.3) is 11.8 Å². The number of nitrogens with zero attached hydrogens (tertiary/aromatic N) is 2. The van der Waals surface area contributed by atoms with E-state index in [2.05, 4.69) is 0 Å². The Labute approximate surface area is 147 Å². The molecule has 2 aliphatic carbocycles. The summed E-state index contributed by atoms with van der Waals surface area (Å²) in [5.74, 6) is -1.30. The van der Waals surface area contributed by atoms with Gasteiger partial charge in [0, 0.05) is 0 Å². The molecule has 2 N–H and O–H groups in total. The smallest absolute Gasteiger partial charge is 0.281 e. The third kappa shape index (κ3) is 3.88. The van der Waals surface area contributed by atoms with Crippen molar-refractivity contribution in [2.24, 2.45) is 0 Å². The molecule has 0 bridgehead atoms. The highest BCUT2D eigenvalue weighted by molar-refractivity contribution is 6.06. The molecule has 2 aliphatic rings. The van der Waals surface area contributed by atoms with Gasteiger partial charge in [-0.1, -0.05) is 38.5 Å². The maximum absolute atomic E-state index is 12.6. The second-order valence-corrected chi connectivity index (χ2v) is 7.08. The molecule has 2 amide bonds. The zero-order valence-electron chi connectivity index (χ0n) is 14.4. The predicted octanol–water partition coefficient (Wildman–Crippen LogP) is 3.61. The van der Waals surface area contributed by atoms with E-state index in [0.717, 1.165) is 86.9 Å². The Morgan fingerprint density at radius 2 is 1.12 bits per heavy atom. The molecule has 0 saturated heterocycles. The van der Waals surface area contributed by atoms with Crippen molar-refractivity contribution in [3.05, 3.63) is 23.7 Å². The van der Waals surface area contributed by atoms with Crippen molar-refractivity contribution >= 4 is 11.8 Å². The van der Waals surface area contributed by atoms with Crippen LogP contribution in [-0.4, -0.2) is 44.4 Å². The highest BCUT2D eigenvalue weighted by Gasteiger charge is 2.32. The summed E-state index contributed by atoms with van der Waals surface area (Å²) >= 11 is 0. The summed E-state index contributed by atoms with van der Waals surface area (Å²) in [6, 6.07) is -0.467. The first-order valence-corrected chi connectivity index (χ1v) is 9.20. The highest BCUT2D eigenvalue weighted by atomic mass is 16.5. The lowest BCUT2D eigenvalue weighted by molar-refractivity contribution is -0.0985. The molecule has 25 heavy (non-hydrogen) atoms. The van der Waals surface area contributed by atoms with Crippen LogP contribution in [0.2, 0.25) is 0 Å². The molecule has 0 aromatic carbocycles. The minimum atomic E-state index is -0.652. The van der Waals surface area contributed by atoms with E-state index >= 15 is 0 Å². The number of carbonyl (C=O) groups excluding carboxylic acids is 2. The van der Waals surface area contributed by atoms with Gasteiger partial charge in [0.2, 0.25) is 0 Å². The van der Waals surface area contributed by atoms with Crippen LogP contribution < -0.4 is 0 Å². The molecule has 0 atom stereocenters. The summed E-state index contributed by atoms with van der Waals surface area (Å²) in [5.41, 5.74) is -0.0131. The molecule has 7 heteroatoms. The van der Waals surface area contributed by atoms with E-state index in [1.807, 2.05) is 0 Å². The molecule has 7 nitrogen and oxygen atoms in total. The topological polar surface area (TPSA) is 94.2 Å². The predicted molar refractivity (Wildman–Crippen MR) is 88.4 cm³/mol. The van der Waals surface area contributed by atoms with Crippen LogP contribution in [0.1, 0.15) is 84.9 Å². The van der Waals surface area contributed by atoms with Crippen LogP contribution in [-0.2, 0) is 0 Å². The normalized spacial score (nSPS) is 19.6. The summed E-state index contributed by atoms with van der Waals surface area (Å²) < 4.78 is 5.05. The van der Waals surface area contributed by atoms with Crippen LogP contribution in [0.25, 0.3) is 0 Å². The maximum atomic E-state index is 12.6. The maximum Gasteiger partial charge on any atom is 0.281 e. The molecule has 1 aromatic heterocycles. The molecular weight excluding hydrogens is 324 g/mol. The largest absolute Gasteiger partial charge is 0.471 e. The number of hydrogen-bond donors (Lipinski definition) is 2. The number of amides is 2. The summed E-state index contributed by atoms with van der Waals surface area (Å²) in [4.78, 5) is 25.2. The van der Waals surface area contributed by atoms with Gasteiger partial charge in [-0.15, -0.1) is 0 Å². The molecule has 0 spiro atoms. The fourth-order valence-electron chi connectivity index (χ4n) is 3.86. The lowest BCUT2D eigenvalue weighted by atomic mass is 9.94. The molecule has 0 unspecified atom stereocenters. The Morgan fingerprint density at radius 3 is 1.48 bits per heavy atom. The van der Waals surface area contributed by atoms with Crippen molar-refractivity contribution in [3.63, 3.8) is 0 Å². The molecule has 2 fully saturated rings. The average molecular weight is 350 g/mol. The Bertz CT molecular complexity index is 552. The molecule has 3 rings (SSSR count). The van der Waals surface area contributed by atoms with Gasteiger partial charge in [-0.2, -0.15) is 0 Å². The van der Waals surface area contributed by atoms with E-state index in [-0.39, 0.29) is 23.2 Å². The van der Waals surface area contributed by atoms with Gasteiger partial charge in [-0.05, 0) is 25.7 Å². The first kappa shape index (κ1) is 17.9. The molecule has 0 radical (unpaired) electrons. The Morgan fingerprint density at radius 1 is 0.760 bits per heavy atom. The molecule has 2 saturated carbocycles. The number of hydrogen-bond acceptors (Lipinski definition) is 5. The molecular formula is C18H26N2O5. The van der Waals surface area contributed by atoms with Crippen molar-refractivity contribution in [3.8, 4) is 0 Å². The van der Waals surface area contributed by atoms with Crippen LogP contribution in [0, 0.1) is 0 Å². The average Bonchev–Trinajstić information content (AvgIpc) is 3.16. The van der Waals surface area contributed by atoms with Crippen molar-refractivity contribution in [2.75, 3.05) is 0 Å². The van der Waals surface area contributed by atoms with E-state index in [4.69, 9.17) is 4.42 Å². The van der Waals surface area contributed by atoms with Gasteiger partial charge in [0.1, 0.15) is 12.5 Å². The monoisotopic (exact) mass is 350 g/mol. The van der Waals surface area contributed by atoms with E-state index in [0.29, 0.717) is 0 Å². The lowest BCUT2D eigenvalue weighted by Gasteiger charge is -2.30. The van der Waals surface area contributed by atoms with Crippen LogP contribution in [0.3, 0.4) is 0 Å². The quantitative estimate of drug-likeness (QED) is 0.639. The number of rotatable bonds is 4. The van der Waals surface area contributed by atoms with Crippen LogP contribution in [0.5, 0.6) is 0 Å². The minimum absolute atomic E-state index is 0.00654. The van der Waals surface area contributed by atoms with Gasteiger partial charge < -0.3 is 4.42 Å². The Hall–Kier alpha value is -1.86. The van der Waals surface area contributed by atoms with Crippen molar-refractivity contribution in [1.82, 2.24) is 10.1 Å². The van der Waals surface area contributed by atoms with Crippen LogP contribution >= 0.6 is 0 Å². The molecule has 1 heterocycles. The Kier molecular flexibility index (Phi) is 5.75. The molecule has 138 valence electrons. The van der Waals surface area contributed by atoms with Gasteiger partial charge in [0.15, 0.2) is 0 Å². The fourth-order valence-corrected chi connectivity index (χ4v) is 3.86. The zero-order chi connectivity index (χ0) is 17.8. The fraction of sp³-hybridized carbons (Fsp3) is 0.667. The molecule has 1 aromatic rings. The highest BCUT2D eigenvalue weighted by Crippen LogP contribution is 2.26. The van der Waals surface area contributed by atoms with Crippen LogP contribution in [0.15, 0.2) is 16.9 Å². The van der Waals surface area contributed by atoms with E-state index in [1.54, 1.807) is 0 Å². The second kappa shape index (κ2) is 8.01. The van der Waals surface area contributed by atoms with Crippen molar-refractivity contribution in [1.29, 1.82) is 0 Å². The number of hydroxylamine groups is 4. The Balaban J connectivity index is 1.72. The number of furan rings is 1. The van der Waals surface area contributed by atoms with Gasteiger partial charge in [-0.25, -0.2) is 10.1 Å². The van der Waals surface area contributed by atoms with E-state index < -0.39 is 11.8 Å². The van der Waals surface area contributed by atoms with Crippen molar-refractivity contribution < 1.29 is 24.4 Å². The molecule has 0 aliphatic heterocycles. The van der Waals surface area contributed by atoms with Gasteiger partial charge in [0.05, 0.1) is 23.2 Å². The zero-order valence-corrected chi connectivity index (χ0v) is 14.4. The SMILES string of the molecule is O=C(c1cocc1C(=O)N(O)C1CCCCC1)N(O)C1CCCCC1. The second-order valence-electron chi connectivity index (χ2n) is 7.08. The third-order valence-corrected chi connectivity index (χ3v) is 5.38. The van der Waals surface area contributed by atoms with Crippen molar-refractivity contribution in [2.45, 2.75) is 76.3 Å². The van der Waals surface area contributed by atoms with Gasteiger partial charge in [-0.3, -0.25) is 20.0 Å². The standard InChI is InChI=1S/C18H26N2O5/c21-17(19(23)13-7-3-1-4-8-13)15-11-25-12-16(15)18(22)20(24)14-9-5-2-6-10-14/h11-14,23-24H,1-10H2. The minimum Gasteiger partial charge on any atom is -0.471 e. The summed E-state index contributed by atoms with van der Waals surface area (Å²) in [6.45, 7) is 0. The van der Waals surface area contributed by atoms with Crippen LogP contribution in [0.4, 0.5) is 0 Å². The lowest BCUT2D eigenvalue weighted by Crippen LogP contribution is -2.41. The third-order valence-electron chi connectivity index (χ3n) is 5.38. The number of carbonyl (C=O) groups is 2. The van der Waals surface area contributed by atoms with E-state index in [9.17, 15) is 20.0 Å². The summed E-state index contributed by atoms with van der Waals surface area (Å²) in [7, 11) is 0. The first-order valence-electron chi connectivity index (χ1n) is 9.20.